The summed E-state index contributed by atoms with van der Waals surface area (Å²) in [7, 11) is 3.85. The first-order valence-electron chi connectivity index (χ1n) is 5.57. The third-order valence-corrected chi connectivity index (χ3v) is 2.35. The summed E-state index contributed by atoms with van der Waals surface area (Å²) >= 11 is 0. The topological polar surface area (TPSA) is 81.7 Å². The predicted molar refractivity (Wildman–Crippen MR) is 68.6 cm³/mol. The lowest BCUT2D eigenvalue weighted by Crippen LogP contribution is -2.39. The molecule has 0 radical (unpaired) electrons. The second-order valence-corrected chi connectivity index (χ2v) is 4.37. The van der Waals surface area contributed by atoms with E-state index in [0.29, 0.717) is 12.2 Å². The molecule has 1 aromatic carbocycles. The normalized spacial score (nSPS) is 13.0. The Morgan fingerprint density at radius 3 is 2.18 bits per heavy atom. The molecule has 0 aliphatic carbocycles. The van der Waals surface area contributed by atoms with E-state index in [4.69, 9.17) is 5.11 Å². The van der Waals surface area contributed by atoms with Gasteiger partial charge in [0, 0.05) is 19.6 Å². The Hall–Kier alpha value is -1.40. The predicted octanol–water partition coefficient (Wildman–Crippen LogP) is -0.951. The molecule has 1 unspecified atom stereocenters. The van der Waals surface area contributed by atoms with Gasteiger partial charge in [-0.05, 0) is 21.0 Å². The van der Waals surface area contributed by atoms with Crippen LogP contribution in [0.2, 0.25) is 0 Å². The smallest absolute Gasteiger partial charge is 0.253 e. The Kier molecular flexibility index (Phi) is 4.65. The van der Waals surface area contributed by atoms with Gasteiger partial charge in [-0.25, -0.2) is 0 Å². The van der Waals surface area contributed by atoms with Crippen molar-refractivity contribution < 1.29 is 5.11 Å². The van der Waals surface area contributed by atoms with Crippen LogP contribution in [-0.2, 0) is 0 Å². The maximum absolute atomic E-state index is 11.3. The van der Waals surface area contributed by atoms with E-state index in [1.807, 2.05) is 19.0 Å². The van der Waals surface area contributed by atoms with Gasteiger partial charge in [-0.1, -0.05) is 0 Å². The molecule has 0 saturated carbocycles. The van der Waals surface area contributed by atoms with E-state index in [1.165, 1.54) is 0 Å². The number of rotatable bonds is 7. The Bertz CT molecular complexity index is 433. The average molecular weight is 241 g/mol. The molecule has 0 aliphatic heterocycles. The van der Waals surface area contributed by atoms with Crippen LogP contribution in [0.1, 0.15) is 6.92 Å². The fraction of sp³-hybridized carbons (Fsp3) is 0.636. The minimum atomic E-state index is -0.561. The third kappa shape index (κ3) is 3.54. The molecule has 0 fully saturated rings. The highest BCUT2D eigenvalue weighted by molar-refractivity contribution is 5.73. The molecule has 0 heterocycles. The zero-order valence-electron chi connectivity index (χ0n) is 10.4. The quantitative estimate of drug-likeness (QED) is 0.534. The van der Waals surface area contributed by atoms with Crippen LogP contribution in [-0.4, -0.2) is 49.8 Å². The maximum atomic E-state index is 11.3. The summed E-state index contributed by atoms with van der Waals surface area (Å²) in [6, 6.07) is 0. The molecular formula is C11H19N3O3. The lowest BCUT2D eigenvalue weighted by atomic mass is 10.2. The number of aliphatic hydroxyl groups excluding tert-OH is 1. The largest absolute Gasteiger partial charge is 0.392 e. The van der Waals surface area contributed by atoms with Crippen molar-refractivity contribution >= 4 is 11.4 Å². The van der Waals surface area contributed by atoms with E-state index in [0.717, 1.165) is 6.54 Å². The van der Waals surface area contributed by atoms with Crippen molar-refractivity contribution in [2.45, 2.75) is 13.0 Å². The molecule has 0 amide bonds. The Labute approximate surface area is 99.9 Å². The second kappa shape index (κ2) is 5.79. The van der Waals surface area contributed by atoms with Gasteiger partial charge in [0.05, 0.1) is 6.10 Å². The molecule has 0 saturated heterocycles. The maximum Gasteiger partial charge on any atom is 0.253 e. The van der Waals surface area contributed by atoms with Gasteiger partial charge in [-0.15, -0.1) is 0 Å². The minimum Gasteiger partial charge on any atom is -0.392 e. The number of nitrogens with one attached hydrogen (secondary N) is 2. The number of hydrogen-bond donors (Lipinski definition) is 3. The van der Waals surface area contributed by atoms with Crippen LogP contribution in [0.25, 0.3) is 0 Å². The van der Waals surface area contributed by atoms with Crippen molar-refractivity contribution in [2.24, 2.45) is 0 Å². The van der Waals surface area contributed by atoms with Crippen LogP contribution < -0.4 is 21.5 Å². The van der Waals surface area contributed by atoms with E-state index >= 15 is 0 Å². The molecule has 0 aromatic heterocycles. The van der Waals surface area contributed by atoms with Crippen LogP contribution in [0.5, 0.6) is 0 Å². The number of hydrogen-bond acceptors (Lipinski definition) is 6. The lowest BCUT2D eigenvalue weighted by Gasteiger charge is -2.16. The number of aliphatic hydroxyl groups is 1. The van der Waals surface area contributed by atoms with Crippen molar-refractivity contribution in [3.63, 3.8) is 0 Å². The summed E-state index contributed by atoms with van der Waals surface area (Å²) in [4.78, 5) is 24.6. The van der Waals surface area contributed by atoms with Crippen LogP contribution in [0.15, 0.2) is 9.59 Å². The van der Waals surface area contributed by atoms with Crippen LogP contribution in [0.4, 0.5) is 11.4 Å². The van der Waals surface area contributed by atoms with Crippen LogP contribution in [0, 0.1) is 0 Å². The molecular weight excluding hydrogens is 222 g/mol. The first-order chi connectivity index (χ1) is 7.93. The Balaban J connectivity index is 2.57. The van der Waals surface area contributed by atoms with Crippen LogP contribution >= 0.6 is 0 Å². The molecule has 3 N–H and O–H groups in total. The molecule has 1 atom stereocenters. The number of anilines is 2. The van der Waals surface area contributed by atoms with Gasteiger partial charge in [-0.3, -0.25) is 9.59 Å². The van der Waals surface area contributed by atoms with Gasteiger partial charge >= 0.3 is 0 Å². The monoisotopic (exact) mass is 241 g/mol. The zero-order valence-corrected chi connectivity index (χ0v) is 10.4. The molecule has 1 aromatic rings. The van der Waals surface area contributed by atoms with Gasteiger partial charge in [0.25, 0.3) is 10.9 Å². The van der Waals surface area contributed by atoms with Crippen molar-refractivity contribution in [3.8, 4) is 0 Å². The standard InChI is InChI=1S/C11H19N3O3/c1-7(15)6-13-9-8(10(16)11(9)17)12-4-5-14(2)3/h7,12-13,15H,4-6H2,1-3H3. The first kappa shape index (κ1) is 13.7. The summed E-state index contributed by atoms with van der Waals surface area (Å²) in [6.45, 7) is 3.24. The Morgan fingerprint density at radius 1 is 1.18 bits per heavy atom. The summed E-state index contributed by atoms with van der Waals surface area (Å²) in [5.74, 6) is 0. The minimum absolute atomic E-state index is 0.257. The van der Waals surface area contributed by atoms with Gasteiger partial charge in [0.1, 0.15) is 11.4 Å². The van der Waals surface area contributed by atoms with Crippen molar-refractivity contribution in [3.05, 3.63) is 20.4 Å². The van der Waals surface area contributed by atoms with Gasteiger partial charge < -0.3 is 20.6 Å². The zero-order chi connectivity index (χ0) is 13.0. The highest BCUT2D eigenvalue weighted by Crippen LogP contribution is 2.13. The number of nitrogens with zero attached hydrogens (tertiary/aromatic N) is 1. The third-order valence-electron chi connectivity index (χ3n) is 2.35. The summed E-state index contributed by atoms with van der Waals surface area (Å²) in [6.07, 6.45) is -0.561. The van der Waals surface area contributed by atoms with Gasteiger partial charge in [0.15, 0.2) is 0 Å². The van der Waals surface area contributed by atoms with Gasteiger partial charge in [0.2, 0.25) is 0 Å². The van der Waals surface area contributed by atoms with E-state index in [-0.39, 0.29) is 12.2 Å². The second-order valence-electron chi connectivity index (χ2n) is 4.37. The van der Waals surface area contributed by atoms with Gasteiger partial charge in [-0.2, -0.15) is 0 Å². The summed E-state index contributed by atoms with van der Waals surface area (Å²) in [5, 5.41) is 14.8. The van der Waals surface area contributed by atoms with E-state index in [2.05, 4.69) is 10.6 Å². The van der Waals surface area contributed by atoms with Crippen molar-refractivity contribution in [2.75, 3.05) is 44.4 Å². The van der Waals surface area contributed by atoms with Crippen molar-refractivity contribution in [1.29, 1.82) is 0 Å². The molecule has 0 bridgehead atoms. The van der Waals surface area contributed by atoms with Crippen molar-refractivity contribution in [1.82, 2.24) is 4.90 Å². The van der Waals surface area contributed by atoms with E-state index < -0.39 is 17.0 Å². The van der Waals surface area contributed by atoms with E-state index in [1.54, 1.807) is 6.92 Å². The molecule has 6 heteroatoms. The van der Waals surface area contributed by atoms with E-state index in [9.17, 15) is 9.59 Å². The average Bonchev–Trinajstić information content (AvgIpc) is 2.25. The summed E-state index contributed by atoms with van der Waals surface area (Å²) in [5.41, 5.74) is -0.387. The SMILES string of the molecule is CC(O)CNc1c(NCCN(C)C)c(=O)c1=O. The first-order valence-corrected chi connectivity index (χ1v) is 5.57. The fourth-order valence-corrected chi connectivity index (χ4v) is 1.38. The molecule has 1 rings (SSSR count). The molecule has 17 heavy (non-hydrogen) atoms. The Morgan fingerprint density at radius 2 is 1.71 bits per heavy atom. The highest BCUT2D eigenvalue weighted by atomic mass is 16.3. The fourth-order valence-electron chi connectivity index (χ4n) is 1.38. The van der Waals surface area contributed by atoms with Crippen LogP contribution in [0.3, 0.4) is 0 Å². The molecule has 96 valence electrons. The highest BCUT2D eigenvalue weighted by Gasteiger charge is 2.20. The molecule has 0 spiro atoms. The lowest BCUT2D eigenvalue weighted by molar-refractivity contribution is 0.208. The molecule has 6 nitrogen and oxygen atoms in total. The summed E-state index contributed by atoms with van der Waals surface area (Å²) < 4.78 is 0. The number of likely N-dealkylation sites (N-methyl/N-ethyl adjacent to an activating group) is 1. The molecule has 0 aliphatic rings.